The van der Waals surface area contributed by atoms with Gasteiger partial charge >= 0.3 is 6.03 Å². The monoisotopic (exact) mass is 447 g/mol. The summed E-state index contributed by atoms with van der Waals surface area (Å²) in [6.07, 6.45) is -0.764. The van der Waals surface area contributed by atoms with Crippen LogP contribution in [0, 0.1) is 5.82 Å². The number of halogens is 2. The lowest BCUT2D eigenvalue weighted by Crippen LogP contribution is -2.64. The molecular formula is C21H23ClFN5O3. The third kappa shape index (κ3) is 5.50. The maximum Gasteiger partial charge on any atom is 0.323 e. The van der Waals surface area contributed by atoms with Crippen LogP contribution in [0.25, 0.3) is 0 Å². The molecule has 0 spiro atoms. The summed E-state index contributed by atoms with van der Waals surface area (Å²) in [7, 11) is 0. The van der Waals surface area contributed by atoms with Crippen LogP contribution in [0.5, 0.6) is 0 Å². The van der Waals surface area contributed by atoms with Gasteiger partial charge in [0, 0.05) is 42.5 Å². The molecule has 0 aromatic heterocycles. The van der Waals surface area contributed by atoms with Gasteiger partial charge in [-0.1, -0.05) is 23.7 Å². The summed E-state index contributed by atoms with van der Waals surface area (Å²) >= 11 is 5.97. The molecule has 3 rings (SSSR count). The first kappa shape index (κ1) is 22.5. The van der Waals surface area contributed by atoms with Gasteiger partial charge in [-0.25, -0.2) is 9.18 Å². The number of carbonyl (C=O) groups is 3. The van der Waals surface area contributed by atoms with Gasteiger partial charge in [-0.15, -0.1) is 0 Å². The molecule has 2 aromatic rings. The minimum Gasteiger partial charge on any atom is -0.351 e. The van der Waals surface area contributed by atoms with Gasteiger partial charge in [0.15, 0.2) is 6.17 Å². The van der Waals surface area contributed by atoms with E-state index in [1.54, 1.807) is 24.3 Å². The average molecular weight is 448 g/mol. The van der Waals surface area contributed by atoms with Crippen molar-refractivity contribution in [2.75, 3.05) is 31.5 Å². The molecule has 0 bridgehead atoms. The van der Waals surface area contributed by atoms with Gasteiger partial charge < -0.3 is 21.3 Å². The normalized spacial score (nSPS) is 16.0. The summed E-state index contributed by atoms with van der Waals surface area (Å²) in [6.45, 7) is 0.864. The van der Waals surface area contributed by atoms with E-state index in [1.807, 2.05) is 0 Å². The van der Waals surface area contributed by atoms with E-state index in [0.717, 1.165) is 6.07 Å². The molecule has 0 radical (unpaired) electrons. The highest BCUT2D eigenvalue weighted by Gasteiger charge is 2.40. The molecule has 1 saturated heterocycles. The molecule has 10 heteroatoms. The predicted octanol–water partition coefficient (Wildman–Crippen LogP) is 2.26. The Kier molecular flexibility index (Phi) is 7.43. The molecule has 164 valence electrons. The SMILES string of the molecule is NCCNC(=O)C1N(C(=O)Nc2cccc(Cl)c2)CCCN1C(=O)c1cccc(F)c1. The van der Waals surface area contributed by atoms with Gasteiger partial charge in [0.05, 0.1) is 0 Å². The lowest BCUT2D eigenvalue weighted by Gasteiger charge is -2.42. The first-order valence-corrected chi connectivity index (χ1v) is 10.2. The highest BCUT2D eigenvalue weighted by atomic mass is 35.5. The average Bonchev–Trinajstić information content (AvgIpc) is 2.76. The van der Waals surface area contributed by atoms with E-state index in [2.05, 4.69) is 10.6 Å². The number of carbonyl (C=O) groups excluding carboxylic acids is 3. The van der Waals surface area contributed by atoms with Crippen molar-refractivity contribution in [1.29, 1.82) is 0 Å². The number of nitrogens with one attached hydrogen (secondary N) is 2. The van der Waals surface area contributed by atoms with E-state index in [9.17, 15) is 18.8 Å². The first-order chi connectivity index (χ1) is 14.9. The molecule has 8 nitrogen and oxygen atoms in total. The third-order valence-corrected chi connectivity index (χ3v) is 4.97. The molecule has 1 atom stereocenters. The highest BCUT2D eigenvalue weighted by molar-refractivity contribution is 6.30. The van der Waals surface area contributed by atoms with E-state index in [4.69, 9.17) is 17.3 Å². The van der Waals surface area contributed by atoms with Crippen LogP contribution >= 0.6 is 11.6 Å². The minimum atomic E-state index is -1.21. The van der Waals surface area contributed by atoms with Crippen LogP contribution in [-0.2, 0) is 4.79 Å². The lowest BCUT2D eigenvalue weighted by molar-refractivity contribution is -0.132. The van der Waals surface area contributed by atoms with E-state index in [-0.39, 0.29) is 31.7 Å². The molecule has 4 N–H and O–H groups in total. The fourth-order valence-electron chi connectivity index (χ4n) is 3.37. The maximum atomic E-state index is 13.6. The standard InChI is InChI=1S/C21H23ClFN5O3/c22-15-5-2-7-17(13-15)26-21(31)28-11-3-10-27(19(28)18(29)25-9-8-24)20(30)14-4-1-6-16(23)12-14/h1-2,4-7,12-13,19H,3,8-11,24H2,(H,25,29)(H,26,31). The summed E-state index contributed by atoms with van der Waals surface area (Å²) in [4.78, 5) is 41.5. The van der Waals surface area contributed by atoms with Crippen LogP contribution < -0.4 is 16.4 Å². The molecule has 4 amide bonds. The Hall–Kier alpha value is -3.17. The van der Waals surface area contributed by atoms with E-state index >= 15 is 0 Å². The number of amides is 4. The summed E-state index contributed by atoms with van der Waals surface area (Å²) in [5.74, 6) is -1.66. The smallest absolute Gasteiger partial charge is 0.323 e. The van der Waals surface area contributed by atoms with Crippen LogP contribution in [0.15, 0.2) is 48.5 Å². The molecular weight excluding hydrogens is 425 g/mol. The summed E-state index contributed by atoms with van der Waals surface area (Å²) in [5, 5.41) is 5.78. The molecule has 0 saturated carbocycles. The van der Waals surface area contributed by atoms with Crippen LogP contribution in [-0.4, -0.2) is 60.0 Å². The second kappa shape index (κ2) is 10.2. The first-order valence-electron chi connectivity index (χ1n) is 9.78. The second-order valence-electron chi connectivity index (χ2n) is 6.95. The second-order valence-corrected chi connectivity index (χ2v) is 7.39. The van der Waals surface area contributed by atoms with Crippen molar-refractivity contribution >= 4 is 35.1 Å². The number of rotatable bonds is 5. The van der Waals surface area contributed by atoms with Crippen molar-refractivity contribution < 1.29 is 18.8 Å². The van der Waals surface area contributed by atoms with Crippen LogP contribution in [0.4, 0.5) is 14.9 Å². The number of hydrogen-bond donors (Lipinski definition) is 3. The van der Waals surface area contributed by atoms with E-state index in [0.29, 0.717) is 17.1 Å². The Morgan fingerprint density at radius 2 is 1.84 bits per heavy atom. The number of hydrogen-bond acceptors (Lipinski definition) is 4. The Labute approximate surface area is 184 Å². The lowest BCUT2D eigenvalue weighted by atomic mass is 10.1. The van der Waals surface area contributed by atoms with Gasteiger partial charge in [0.25, 0.3) is 11.8 Å². The largest absolute Gasteiger partial charge is 0.351 e. The fraction of sp³-hybridized carbons (Fsp3) is 0.286. The molecule has 0 aliphatic carbocycles. The van der Waals surface area contributed by atoms with Gasteiger partial charge in [0.2, 0.25) is 0 Å². The van der Waals surface area contributed by atoms with Gasteiger partial charge in [-0.05, 0) is 42.8 Å². The van der Waals surface area contributed by atoms with Crippen LogP contribution in [0.2, 0.25) is 5.02 Å². The van der Waals surface area contributed by atoms with Crippen molar-refractivity contribution in [2.24, 2.45) is 5.73 Å². The Morgan fingerprint density at radius 3 is 2.55 bits per heavy atom. The van der Waals surface area contributed by atoms with Gasteiger partial charge in [-0.3, -0.25) is 14.5 Å². The van der Waals surface area contributed by atoms with E-state index in [1.165, 1.54) is 28.0 Å². The molecule has 1 aliphatic rings. The van der Waals surface area contributed by atoms with Crippen LogP contribution in [0.3, 0.4) is 0 Å². The molecule has 31 heavy (non-hydrogen) atoms. The Bertz CT molecular complexity index is 974. The summed E-state index contributed by atoms with van der Waals surface area (Å²) in [6, 6.07) is 11.2. The zero-order valence-electron chi connectivity index (χ0n) is 16.7. The molecule has 1 heterocycles. The van der Waals surface area contributed by atoms with Crippen LogP contribution in [0.1, 0.15) is 16.8 Å². The fourth-order valence-corrected chi connectivity index (χ4v) is 3.56. The zero-order valence-corrected chi connectivity index (χ0v) is 17.4. The number of anilines is 1. The van der Waals surface area contributed by atoms with Crippen molar-refractivity contribution in [1.82, 2.24) is 15.1 Å². The van der Waals surface area contributed by atoms with Crippen molar-refractivity contribution in [3.8, 4) is 0 Å². The van der Waals surface area contributed by atoms with Gasteiger partial charge in [-0.2, -0.15) is 0 Å². The molecule has 1 aliphatic heterocycles. The summed E-state index contributed by atoms with van der Waals surface area (Å²) in [5.41, 5.74) is 6.02. The Morgan fingerprint density at radius 1 is 1.10 bits per heavy atom. The number of nitrogens with zero attached hydrogens (tertiary/aromatic N) is 2. The predicted molar refractivity (Wildman–Crippen MR) is 115 cm³/mol. The summed E-state index contributed by atoms with van der Waals surface area (Å²) < 4.78 is 13.6. The minimum absolute atomic E-state index is 0.0914. The zero-order chi connectivity index (χ0) is 22.4. The topological polar surface area (TPSA) is 108 Å². The highest BCUT2D eigenvalue weighted by Crippen LogP contribution is 2.21. The maximum absolute atomic E-state index is 13.6. The van der Waals surface area contributed by atoms with Gasteiger partial charge in [0.1, 0.15) is 5.82 Å². The quantitative estimate of drug-likeness (QED) is 0.653. The van der Waals surface area contributed by atoms with Crippen molar-refractivity contribution in [3.05, 3.63) is 64.9 Å². The van der Waals surface area contributed by atoms with Crippen molar-refractivity contribution in [3.63, 3.8) is 0 Å². The third-order valence-electron chi connectivity index (χ3n) is 4.74. The van der Waals surface area contributed by atoms with E-state index < -0.39 is 29.8 Å². The molecule has 1 fully saturated rings. The Balaban J connectivity index is 1.88. The molecule has 1 unspecified atom stereocenters. The number of nitrogens with two attached hydrogens (primary N) is 1. The molecule has 2 aromatic carbocycles. The number of benzene rings is 2. The van der Waals surface area contributed by atoms with Crippen molar-refractivity contribution in [2.45, 2.75) is 12.6 Å². The number of urea groups is 1.